The highest BCUT2D eigenvalue weighted by Gasteiger charge is 2.31. The van der Waals surface area contributed by atoms with Gasteiger partial charge in [0.1, 0.15) is 6.04 Å². The zero-order chi connectivity index (χ0) is 25.2. The zero-order valence-corrected chi connectivity index (χ0v) is 21.4. The van der Waals surface area contributed by atoms with E-state index < -0.39 is 6.04 Å². The predicted molar refractivity (Wildman–Crippen MR) is 143 cm³/mol. The molecule has 0 spiro atoms. The lowest BCUT2D eigenvalue weighted by atomic mass is 9.88. The van der Waals surface area contributed by atoms with Gasteiger partial charge in [0, 0.05) is 24.9 Å². The van der Waals surface area contributed by atoms with Crippen LogP contribution in [0, 0.1) is 6.92 Å². The lowest BCUT2D eigenvalue weighted by molar-refractivity contribution is -0.141. The van der Waals surface area contributed by atoms with E-state index in [-0.39, 0.29) is 23.8 Å². The number of hydrogen-bond donors (Lipinski definition) is 1. The molecule has 0 aromatic heterocycles. The van der Waals surface area contributed by atoms with E-state index in [4.69, 9.17) is 0 Å². The molecule has 0 aliphatic rings. The van der Waals surface area contributed by atoms with Gasteiger partial charge in [0.25, 0.3) is 0 Å². The number of carbonyl (C=O) groups is 2. The van der Waals surface area contributed by atoms with Crippen LogP contribution in [0.4, 0.5) is 0 Å². The summed E-state index contributed by atoms with van der Waals surface area (Å²) < 4.78 is 0. The maximum atomic E-state index is 14.0. The lowest BCUT2D eigenvalue weighted by Crippen LogP contribution is -2.51. The average molecular weight is 471 g/mol. The Morgan fingerprint density at radius 3 is 1.83 bits per heavy atom. The van der Waals surface area contributed by atoms with Crippen LogP contribution in [0.25, 0.3) is 0 Å². The second-order valence-electron chi connectivity index (χ2n) is 9.33. The second kappa shape index (κ2) is 12.9. The smallest absolute Gasteiger partial charge is 0.243 e. The molecule has 3 aromatic rings. The topological polar surface area (TPSA) is 49.4 Å². The van der Waals surface area contributed by atoms with Crippen LogP contribution in [-0.2, 0) is 16.1 Å². The van der Waals surface area contributed by atoms with Crippen molar-refractivity contribution >= 4 is 11.8 Å². The van der Waals surface area contributed by atoms with Gasteiger partial charge in [-0.25, -0.2) is 0 Å². The van der Waals surface area contributed by atoms with Crippen LogP contribution in [0.2, 0.25) is 0 Å². The standard InChI is InChI=1S/C31H38N2O2/c1-5-24(4)32-31(35)29(6-2)33(22-25-19-17-23(3)18-20-25)30(34)21-28(26-13-9-7-10-14-26)27-15-11-8-12-16-27/h7-20,24,28-29H,5-6,21-22H2,1-4H3,(H,32,35)/t24-,29+/m1/s1. The zero-order valence-electron chi connectivity index (χ0n) is 21.4. The third-order valence-electron chi connectivity index (χ3n) is 6.64. The van der Waals surface area contributed by atoms with Crippen LogP contribution in [0.1, 0.15) is 68.2 Å². The first-order valence-corrected chi connectivity index (χ1v) is 12.7. The van der Waals surface area contributed by atoms with E-state index in [1.165, 1.54) is 5.56 Å². The van der Waals surface area contributed by atoms with Crippen LogP contribution >= 0.6 is 0 Å². The second-order valence-corrected chi connectivity index (χ2v) is 9.33. The molecular formula is C31H38N2O2. The van der Waals surface area contributed by atoms with E-state index in [0.717, 1.165) is 23.1 Å². The van der Waals surface area contributed by atoms with Crippen LogP contribution in [0.3, 0.4) is 0 Å². The van der Waals surface area contributed by atoms with Crippen molar-refractivity contribution in [3.63, 3.8) is 0 Å². The summed E-state index contributed by atoms with van der Waals surface area (Å²) in [7, 11) is 0. The molecule has 0 saturated heterocycles. The largest absolute Gasteiger partial charge is 0.352 e. The van der Waals surface area contributed by atoms with Crippen molar-refractivity contribution in [2.24, 2.45) is 0 Å². The van der Waals surface area contributed by atoms with Crippen molar-refractivity contribution in [2.45, 2.75) is 71.5 Å². The van der Waals surface area contributed by atoms with Gasteiger partial charge < -0.3 is 10.2 Å². The van der Waals surface area contributed by atoms with E-state index in [1.807, 2.05) is 76.2 Å². The van der Waals surface area contributed by atoms with Crippen LogP contribution in [0.5, 0.6) is 0 Å². The summed E-state index contributed by atoms with van der Waals surface area (Å²) in [6.45, 7) is 8.47. The molecule has 184 valence electrons. The Hall–Kier alpha value is -3.40. The monoisotopic (exact) mass is 470 g/mol. The Balaban J connectivity index is 1.94. The molecule has 4 heteroatoms. The normalized spacial score (nSPS) is 12.7. The first-order valence-electron chi connectivity index (χ1n) is 12.7. The molecule has 0 heterocycles. The molecule has 4 nitrogen and oxygen atoms in total. The van der Waals surface area contributed by atoms with Gasteiger partial charge in [0.05, 0.1) is 0 Å². The van der Waals surface area contributed by atoms with Gasteiger partial charge in [-0.1, -0.05) is 104 Å². The summed E-state index contributed by atoms with van der Waals surface area (Å²) in [6, 6.07) is 28.0. The summed E-state index contributed by atoms with van der Waals surface area (Å²) >= 11 is 0. The maximum Gasteiger partial charge on any atom is 0.243 e. The molecule has 0 radical (unpaired) electrons. The summed E-state index contributed by atoms with van der Waals surface area (Å²) in [4.78, 5) is 29.0. The highest BCUT2D eigenvalue weighted by atomic mass is 16.2. The first kappa shape index (κ1) is 26.2. The number of hydrogen-bond acceptors (Lipinski definition) is 2. The number of nitrogens with zero attached hydrogens (tertiary/aromatic N) is 1. The minimum Gasteiger partial charge on any atom is -0.352 e. The molecule has 3 rings (SSSR count). The molecule has 0 bridgehead atoms. The van der Waals surface area contributed by atoms with Gasteiger partial charge in [-0.2, -0.15) is 0 Å². The van der Waals surface area contributed by atoms with Gasteiger partial charge in [-0.15, -0.1) is 0 Å². The number of rotatable bonds is 11. The Labute approximate surface area is 210 Å². The highest BCUT2D eigenvalue weighted by Crippen LogP contribution is 2.29. The average Bonchev–Trinajstić information content (AvgIpc) is 2.89. The third-order valence-corrected chi connectivity index (χ3v) is 6.64. The molecule has 2 amide bonds. The molecule has 0 fully saturated rings. The SMILES string of the molecule is CC[C@@H](C)NC(=O)[C@H](CC)N(Cc1ccc(C)cc1)C(=O)CC(c1ccccc1)c1ccccc1. The van der Waals surface area contributed by atoms with E-state index in [0.29, 0.717) is 19.4 Å². The molecule has 2 atom stereocenters. The van der Waals surface area contributed by atoms with E-state index in [9.17, 15) is 9.59 Å². The summed E-state index contributed by atoms with van der Waals surface area (Å²) in [5.41, 5.74) is 4.38. The Bertz CT molecular complexity index is 1020. The minimum absolute atomic E-state index is 0.0190. The van der Waals surface area contributed by atoms with E-state index in [2.05, 4.69) is 41.7 Å². The summed E-state index contributed by atoms with van der Waals surface area (Å²) in [5, 5.41) is 3.09. The predicted octanol–water partition coefficient (Wildman–Crippen LogP) is 6.24. The fourth-order valence-electron chi connectivity index (χ4n) is 4.34. The van der Waals surface area contributed by atoms with Crippen LogP contribution in [0.15, 0.2) is 84.9 Å². The van der Waals surface area contributed by atoms with Gasteiger partial charge >= 0.3 is 0 Å². The molecule has 0 aliphatic carbocycles. The van der Waals surface area contributed by atoms with E-state index in [1.54, 1.807) is 4.90 Å². The lowest BCUT2D eigenvalue weighted by Gasteiger charge is -2.33. The molecule has 1 N–H and O–H groups in total. The van der Waals surface area contributed by atoms with Crippen LogP contribution in [-0.4, -0.2) is 28.8 Å². The maximum absolute atomic E-state index is 14.0. The molecule has 35 heavy (non-hydrogen) atoms. The van der Waals surface area contributed by atoms with Crippen molar-refractivity contribution in [1.29, 1.82) is 0 Å². The minimum atomic E-state index is -0.523. The number of benzene rings is 3. The quantitative estimate of drug-likeness (QED) is 0.361. The fourth-order valence-corrected chi connectivity index (χ4v) is 4.34. The summed E-state index contributed by atoms with van der Waals surface area (Å²) in [6.07, 6.45) is 1.70. The number of amides is 2. The Kier molecular flexibility index (Phi) is 9.66. The van der Waals surface area contributed by atoms with Crippen molar-refractivity contribution in [1.82, 2.24) is 10.2 Å². The van der Waals surface area contributed by atoms with Gasteiger partial charge in [0.2, 0.25) is 11.8 Å². The number of carbonyl (C=O) groups excluding carboxylic acids is 2. The fraction of sp³-hybridized carbons (Fsp3) is 0.355. The molecule has 0 aliphatic heterocycles. The van der Waals surface area contributed by atoms with Crippen molar-refractivity contribution < 1.29 is 9.59 Å². The molecule has 0 unspecified atom stereocenters. The van der Waals surface area contributed by atoms with Crippen molar-refractivity contribution in [3.8, 4) is 0 Å². The van der Waals surface area contributed by atoms with Crippen LogP contribution < -0.4 is 5.32 Å². The Morgan fingerprint density at radius 1 is 0.800 bits per heavy atom. The Morgan fingerprint density at radius 2 is 1.34 bits per heavy atom. The highest BCUT2D eigenvalue weighted by molar-refractivity contribution is 5.88. The first-order chi connectivity index (χ1) is 16.9. The molecule has 3 aromatic carbocycles. The van der Waals surface area contributed by atoms with Gasteiger partial charge in [-0.05, 0) is 43.4 Å². The number of aryl methyl sites for hydroxylation is 1. The van der Waals surface area contributed by atoms with Gasteiger partial charge in [0.15, 0.2) is 0 Å². The van der Waals surface area contributed by atoms with Crippen molar-refractivity contribution in [2.75, 3.05) is 0 Å². The van der Waals surface area contributed by atoms with Crippen molar-refractivity contribution in [3.05, 3.63) is 107 Å². The summed E-state index contributed by atoms with van der Waals surface area (Å²) in [5.74, 6) is -0.187. The number of nitrogens with one attached hydrogen (secondary N) is 1. The van der Waals surface area contributed by atoms with Gasteiger partial charge in [-0.3, -0.25) is 9.59 Å². The molecule has 0 saturated carbocycles. The van der Waals surface area contributed by atoms with E-state index >= 15 is 0 Å². The molecular weight excluding hydrogens is 432 g/mol. The third kappa shape index (κ3) is 7.29.